The largest absolute Gasteiger partial charge is 0.444 e. The van der Waals surface area contributed by atoms with Gasteiger partial charge in [-0.15, -0.1) is 0 Å². The van der Waals surface area contributed by atoms with Crippen LogP contribution >= 0.6 is 0 Å². The van der Waals surface area contributed by atoms with Gasteiger partial charge in [0.1, 0.15) is 11.6 Å². The van der Waals surface area contributed by atoms with Crippen LogP contribution in [0.2, 0.25) is 0 Å². The van der Waals surface area contributed by atoms with Crippen molar-refractivity contribution < 1.29 is 14.3 Å². The lowest BCUT2D eigenvalue weighted by molar-refractivity contribution is -0.120. The number of nitrogens with zero attached hydrogens (tertiary/aromatic N) is 2. The summed E-state index contributed by atoms with van der Waals surface area (Å²) in [5, 5.41) is 3.86. The zero-order valence-corrected chi connectivity index (χ0v) is 14.8. The first-order valence-electron chi connectivity index (χ1n) is 8.49. The monoisotopic (exact) mass is 341 g/mol. The summed E-state index contributed by atoms with van der Waals surface area (Å²) in [5.74, 6) is -0.188. The van der Waals surface area contributed by atoms with E-state index in [2.05, 4.69) is 10.3 Å². The Morgan fingerprint density at radius 2 is 2.08 bits per heavy atom. The van der Waals surface area contributed by atoms with Crippen LogP contribution in [0.1, 0.15) is 33.6 Å². The molecular formula is C19H23N3O3. The van der Waals surface area contributed by atoms with Crippen LogP contribution in [0.4, 0.5) is 10.5 Å². The quantitative estimate of drug-likeness (QED) is 0.906. The molecule has 2 aromatic rings. The van der Waals surface area contributed by atoms with E-state index in [1.165, 1.54) is 4.90 Å². The average Bonchev–Trinajstić information content (AvgIpc) is 3.03. The summed E-state index contributed by atoms with van der Waals surface area (Å²) < 4.78 is 5.41. The number of amides is 2. The molecule has 0 bridgehead atoms. The van der Waals surface area contributed by atoms with Crippen LogP contribution in [0.3, 0.4) is 0 Å². The van der Waals surface area contributed by atoms with Crippen molar-refractivity contribution >= 4 is 28.6 Å². The third-order valence-electron chi connectivity index (χ3n) is 4.05. The van der Waals surface area contributed by atoms with Gasteiger partial charge in [0.2, 0.25) is 5.91 Å². The highest BCUT2D eigenvalue weighted by Gasteiger charge is 2.36. The zero-order chi connectivity index (χ0) is 18.0. The minimum absolute atomic E-state index is 0.188. The summed E-state index contributed by atoms with van der Waals surface area (Å²) >= 11 is 0. The summed E-state index contributed by atoms with van der Waals surface area (Å²) in [6, 6.07) is 8.87. The van der Waals surface area contributed by atoms with Crippen molar-refractivity contribution in [3.63, 3.8) is 0 Å². The van der Waals surface area contributed by atoms with Crippen molar-refractivity contribution in [3.8, 4) is 0 Å². The zero-order valence-electron chi connectivity index (χ0n) is 14.8. The van der Waals surface area contributed by atoms with Crippen LogP contribution in [0, 0.1) is 0 Å². The molecule has 3 rings (SSSR count). The molecule has 132 valence electrons. The molecule has 0 aliphatic carbocycles. The Kier molecular flexibility index (Phi) is 4.61. The fourth-order valence-electron chi connectivity index (χ4n) is 2.96. The average molecular weight is 341 g/mol. The number of aromatic nitrogens is 1. The van der Waals surface area contributed by atoms with E-state index in [1.807, 2.05) is 51.1 Å². The van der Waals surface area contributed by atoms with Gasteiger partial charge in [-0.05, 0) is 57.9 Å². The summed E-state index contributed by atoms with van der Waals surface area (Å²) in [4.78, 5) is 30.8. The molecule has 1 aliphatic heterocycles. The normalized spacial score (nSPS) is 17.6. The van der Waals surface area contributed by atoms with Crippen LogP contribution in [0.25, 0.3) is 10.9 Å². The smallest absolute Gasteiger partial charge is 0.410 e. The van der Waals surface area contributed by atoms with Gasteiger partial charge in [0.05, 0.1) is 5.52 Å². The van der Waals surface area contributed by atoms with Crippen LogP contribution < -0.4 is 5.32 Å². The number of fused-ring (bicyclic) bond motifs is 1. The van der Waals surface area contributed by atoms with Crippen LogP contribution in [-0.2, 0) is 9.53 Å². The first-order valence-corrected chi connectivity index (χ1v) is 8.49. The molecule has 1 atom stereocenters. The van der Waals surface area contributed by atoms with Crippen molar-refractivity contribution in [2.75, 3.05) is 11.9 Å². The van der Waals surface area contributed by atoms with Crippen molar-refractivity contribution in [2.24, 2.45) is 0 Å². The Hall–Kier alpha value is -2.63. The number of pyridine rings is 1. The third kappa shape index (κ3) is 4.07. The number of hydrogen-bond acceptors (Lipinski definition) is 4. The molecule has 1 aromatic heterocycles. The topological polar surface area (TPSA) is 71.5 Å². The molecule has 2 amide bonds. The standard InChI is InChI=1S/C19H23N3O3/c1-19(2,3)25-18(24)22-11-5-7-16(22)17(23)21-14-8-9-15-13(12-14)6-4-10-20-15/h4,6,8-10,12,16H,5,7,11H2,1-3H3,(H,21,23)/t16-/m0/s1. The van der Waals surface area contributed by atoms with Gasteiger partial charge < -0.3 is 10.1 Å². The minimum atomic E-state index is -0.577. The second kappa shape index (κ2) is 6.70. The Bertz CT molecular complexity index is 798. The van der Waals surface area contributed by atoms with Crippen LogP contribution in [0.15, 0.2) is 36.5 Å². The summed E-state index contributed by atoms with van der Waals surface area (Å²) in [6.45, 7) is 5.99. The highest BCUT2D eigenvalue weighted by Crippen LogP contribution is 2.23. The lowest BCUT2D eigenvalue weighted by Gasteiger charge is -2.28. The first kappa shape index (κ1) is 17.2. The SMILES string of the molecule is CC(C)(C)OC(=O)N1CCC[C@H]1C(=O)Nc1ccc2ncccc2c1. The fraction of sp³-hybridized carbons (Fsp3) is 0.421. The summed E-state index contributed by atoms with van der Waals surface area (Å²) in [7, 11) is 0. The van der Waals surface area contributed by atoms with E-state index in [0.717, 1.165) is 17.3 Å². The van der Waals surface area contributed by atoms with Gasteiger partial charge in [-0.1, -0.05) is 6.07 Å². The van der Waals surface area contributed by atoms with Gasteiger partial charge in [-0.25, -0.2) is 4.79 Å². The Balaban J connectivity index is 1.71. The van der Waals surface area contributed by atoms with E-state index in [1.54, 1.807) is 6.20 Å². The lowest BCUT2D eigenvalue weighted by atomic mass is 10.1. The molecule has 6 nitrogen and oxygen atoms in total. The van der Waals surface area contributed by atoms with Gasteiger partial charge in [0.25, 0.3) is 0 Å². The number of carbonyl (C=O) groups excluding carboxylic acids is 2. The van der Waals surface area contributed by atoms with Crippen molar-refractivity contribution in [3.05, 3.63) is 36.5 Å². The molecule has 0 spiro atoms. The Morgan fingerprint density at radius 1 is 1.28 bits per heavy atom. The molecule has 0 unspecified atom stereocenters. The van der Waals surface area contributed by atoms with Crippen molar-refractivity contribution in [1.29, 1.82) is 0 Å². The lowest BCUT2D eigenvalue weighted by Crippen LogP contribution is -2.45. The van der Waals surface area contributed by atoms with Crippen LogP contribution in [0.5, 0.6) is 0 Å². The highest BCUT2D eigenvalue weighted by molar-refractivity contribution is 5.98. The van der Waals surface area contributed by atoms with Gasteiger partial charge in [-0.2, -0.15) is 0 Å². The number of carbonyl (C=O) groups is 2. The molecule has 0 saturated carbocycles. The third-order valence-corrected chi connectivity index (χ3v) is 4.05. The molecule has 2 heterocycles. The molecule has 1 N–H and O–H groups in total. The molecule has 6 heteroatoms. The molecule has 1 aliphatic rings. The van der Waals surface area contributed by atoms with E-state index in [9.17, 15) is 9.59 Å². The number of benzene rings is 1. The number of ether oxygens (including phenoxy) is 1. The van der Waals surface area contributed by atoms with E-state index in [0.29, 0.717) is 18.7 Å². The second-order valence-corrected chi connectivity index (χ2v) is 7.23. The molecule has 1 fully saturated rings. The maximum absolute atomic E-state index is 12.7. The highest BCUT2D eigenvalue weighted by atomic mass is 16.6. The predicted molar refractivity (Wildman–Crippen MR) is 96.3 cm³/mol. The minimum Gasteiger partial charge on any atom is -0.444 e. The molecule has 1 aromatic carbocycles. The maximum Gasteiger partial charge on any atom is 0.410 e. The molecule has 1 saturated heterocycles. The maximum atomic E-state index is 12.7. The van der Waals surface area contributed by atoms with Crippen molar-refractivity contribution in [1.82, 2.24) is 9.88 Å². The predicted octanol–water partition coefficient (Wildman–Crippen LogP) is 3.57. The molecule has 25 heavy (non-hydrogen) atoms. The number of likely N-dealkylation sites (tertiary alicyclic amines) is 1. The summed E-state index contributed by atoms with van der Waals surface area (Å²) in [5.41, 5.74) is 0.991. The number of rotatable bonds is 2. The second-order valence-electron chi connectivity index (χ2n) is 7.23. The first-order chi connectivity index (χ1) is 11.8. The van der Waals surface area contributed by atoms with Crippen molar-refractivity contribution in [2.45, 2.75) is 45.3 Å². The van der Waals surface area contributed by atoms with E-state index < -0.39 is 17.7 Å². The van der Waals surface area contributed by atoms with Gasteiger partial charge in [0.15, 0.2) is 0 Å². The van der Waals surface area contributed by atoms with Gasteiger partial charge >= 0.3 is 6.09 Å². The number of nitrogens with one attached hydrogen (secondary N) is 1. The Morgan fingerprint density at radius 3 is 2.84 bits per heavy atom. The summed E-state index contributed by atoms with van der Waals surface area (Å²) in [6.07, 6.45) is 2.73. The van der Waals surface area contributed by atoms with Crippen LogP contribution in [-0.4, -0.2) is 40.1 Å². The molecule has 0 radical (unpaired) electrons. The number of hydrogen-bond donors (Lipinski definition) is 1. The molecular weight excluding hydrogens is 318 g/mol. The number of anilines is 1. The Labute approximate surface area is 147 Å². The van der Waals surface area contributed by atoms with E-state index in [-0.39, 0.29) is 5.91 Å². The van der Waals surface area contributed by atoms with Gasteiger partial charge in [-0.3, -0.25) is 14.7 Å². The van der Waals surface area contributed by atoms with Gasteiger partial charge in [0, 0.05) is 23.8 Å². The fourth-order valence-corrected chi connectivity index (χ4v) is 2.96. The van der Waals surface area contributed by atoms with E-state index in [4.69, 9.17) is 4.74 Å². The van der Waals surface area contributed by atoms with E-state index >= 15 is 0 Å².